The third-order valence-corrected chi connectivity index (χ3v) is 5.77. The fourth-order valence-corrected chi connectivity index (χ4v) is 4.10. The number of ether oxygens (including phenoxy) is 1. The molecule has 2 aromatic rings. The van der Waals surface area contributed by atoms with Crippen LogP contribution >= 0.6 is 0 Å². The summed E-state index contributed by atoms with van der Waals surface area (Å²) in [5, 5.41) is 13.9. The number of piperidine rings is 1. The first kappa shape index (κ1) is 19.8. The summed E-state index contributed by atoms with van der Waals surface area (Å²) in [6.07, 6.45) is 5.04. The number of benzene rings is 1. The van der Waals surface area contributed by atoms with Crippen LogP contribution in [0.5, 0.6) is 0 Å². The van der Waals surface area contributed by atoms with Crippen LogP contribution in [0.4, 0.5) is 0 Å². The van der Waals surface area contributed by atoms with Gasteiger partial charge in [0.1, 0.15) is 6.33 Å². The average molecular weight is 398 g/mol. The van der Waals surface area contributed by atoms with Crippen LogP contribution in [0.3, 0.4) is 0 Å². The molecule has 0 saturated carbocycles. The lowest BCUT2D eigenvalue weighted by Crippen LogP contribution is -2.49. The van der Waals surface area contributed by atoms with Crippen molar-refractivity contribution in [2.75, 3.05) is 39.9 Å². The Hall–Kier alpha value is -2.45. The van der Waals surface area contributed by atoms with E-state index in [4.69, 9.17) is 4.74 Å². The van der Waals surface area contributed by atoms with Crippen LogP contribution in [-0.2, 0) is 11.3 Å². The minimum Gasteiger partial charge on any atom is -0.381 e. The van der Waals surface area contributed by atoms with Crippen LogP contribution in [0.2, 0.25) is 0 Å². The number of rotatable bonds is 6. The summed E-state index contributed by atoms with van der Waals surface area (Å²) >= 11 is 0. The molecule has 2 saturated heterocycles. The molecular formula is C21H31N7O. The van der Waals surface area contributed by atoms with Gasteiger partial charge in [0.2, 0.25) is 0 Å². The van der Waals surface area contributed by atoms with E-state index in [1.807, 2.05) is 19.2 Å². The van der Waals surface area contributed by atoms with Crippen LogP contribution in [0, 0.1) is 5.92 Å². The second kappa shape index (κ2) is 9.84. The van der Waals surface area contributed by atoms with Gasteiger partial charge in [-0.05, 0) is 36.8 Å². The summed E-state index contributed by atoms with van der Waals surface area (Å²) in [6.45, 7) is 6.05. The maximum atomic E-state index is 5.51. The summed E-state index contributed by atoms with van der Waals surface area (Å²) < 4.78 is 5.51. The Morgan fingerprint density at radius 2 is 2.21 bits per heavy atom. The first-order chi connectivity index (χ1) is 14.3. The van der Waals surface area contributed by atoms with Crippen LogP contribution in [0.25, 0.3) is 11.4 Å². The molecule has 2 aliphatic rings. The molecule has 1 aromatic carbocycles. The zero-order valence-corrected chi connectivity index (χ0v) is 17.1. The molecular weight excluding hydrogens is 366 g/mol. The van der Waals surface area contributed by atoms with Gasteiger partial charge in [-0.25, -0.2) is 4.98 Å². The lowest BCUT2D eigenvalue weighted by Gasteiger charge is -2.34. The van der Waals surface area contributed by atoms with Crippen molar-refractivity contribution < 1.29 is 4.74 Å². The highest BCUT2D eigenvalue weighted by atomic mass is 16.5. The molecule has 2 aliphatic heterocycles. The van der Waals surface area contributed by atoms with Crippen molar-refractivity contribution >= 4 is 5.96 Å². The first-order valence-corrected chi connectivity index (χ1v) is 10.5. The Labute approximate surface area is 172 Å². The molecule has 4 rings (SSSR count). The highest BCUT2D eigenvalue weighted by Crippen LogP contribution is 2.18. The number of nitrogens with one attached hydrogen (secondary N) is 3. The third-order valence-electron chi connectivity index (χ3n) is 5.77. The SMILES string of the molecule is CN=C(NCc1cccc(-c2ncn[nH]2)c1)NC1CCN(CC2CCOC2)CC1. The number of aromatic amines is 1. The molecule has 1 aromatic heterocycles. The van der Waals surface area contributed by atoms with E-state index in [9.17, 15) is 0 Å². The van der Waals surface area contributed by atoms with Gasteiger partial charge in [-0.2, -0.15) is 5.10 Å². The number of guanidine groups is 1. The molecule has 1 unspecified atom stereocenters. The number of H-pyrrole nitrogens is 1. The second-order valence-electron chi connectivity index (χ2n) is 7.91. The molecule has 1 atom stereocenters. The lowest BCUT2D eigenvalue weighted by molar-refractivity contribution is 0.150. The number of hydrogen-bond acceptors (Lipinski definition) is 5. The normalized spacial score (nSPS) is 21.4. The average Bonchev–Trinajstić information content (AvgIpc) is 3.47. The van der Waals surface area contributed by atoms with E-state index >= 15 is 0 Å². The van der Waals surface area contributed by atoms with Crippen molar-refractivity contribution in [3.05, 3.63) is 36.2 Å². The molecule has 0 aliphatic carbocycles. The standard InChI is InChI=1S/C21H31N7O/c1-22-21(23-12-16-3-2-4-18(11-16)20-24-15-25-27-20)26-19-5-8-28(9-6-19)13-17-7-10-29-14-17/h2-4,11,15,17,19H,5-10,12-14H2,1H3,(H2,22,23,26)(H,24,25,27). The zero-order valence-electron chi connectivity index (χ0n) is 17.1. The summed E-state index contributed by atoms with van der Waals surface area (Å²) in [7, 11) is 1.83. The Kier molecular flexibility index (Phi) is 6.74. The van der Waals surface area contributed by atoms with Crippen LogP contribution in [-0.4, -0.2) is 72.0 Å². The number of aliphatic imine (C=N–C) groups is 1. The molecule has 29 heavy (non-hydrogen) atoms. The smallest absolute Gasteiger partial charge is 0.191 e. The Morgan fingerprint density at radius 3 is 2.93 bits per heavy atom. The molecule has 0 radical (unpaired) electrons. The van der Waals surface area contributed by atoms with Gasteiger partial charge in [-0.3, -0.25) is 10.1 Å². The van der Waals surface area contributed by atoms with Crippen molar-refractivity contribution in [1.29, 1.82) is 0 Å². The fourth-order valence-electron chi connectivity index (χ4n) is 4.10. The van der Waals surface area contributed by atoms with Gasteiger partial charge in [0.05, 0.1) is 6.61 Å². The van der Waals surface area contributed by atoms with Crippen LogP contribution < -0.4 is 10.6 Å². The highest BCUT2D eigenvalue weighted by molar-refractivity contribution is 5.80. The quantitative estimate of drug-likeness (QED) is 0.507. The molecule has 8 nitrogen and oxygen atoms in total. The van der Waals surface area contributed by atoms with E-state index in [2.05, 4.69) is 47.8 Å². The fraction of sp³-hybridized carbons (Fsp3) is 0.571. The van der Waals surface area contributed by atoms with Crippen LogP contribution in [0.1, 0.15) is 24.8 Å². The molecule has 0 amide bonds. The molecule has 156 valence electrons. The van der Waals surface area contributed by atoms with E-state index in [0.29, 0.717) is 12.6 Å². The monoisotopic (exact) mass is 397 g/mol. The topological polar surface area (TPSA) is 90.5 Å². The summed E-state index contributed by atoms with van der Waals surface area (Å²) in [5.41, 5.74) is 2.21. The lowest BCUT2D eigenvalue weighted by atomic mass is 10.0. The minimum absolute atomic E-state index is 0.470. The summed E-state index contributed by atoms with van der Waals surface area (Å²) in [6, 6.07) is 8.76. The predicted octanol–water partition coefficient (Wildman–Crippen LogP) is 1.64. The van der Waals surface area contributed by atoms with Crippen molar-refractivity contribution in [1.82, 2.24) is 30.7 Å². The highest BCUT2D eigenvalue weighted by Gasteiger charge is 2.24. The van der Waals surface area contributed by atoms with Gasteiger partial charge in [0, 0.05) is 51.4 Å². The second-order valence-corrected chi connectivity index (χ2v) is 7.91. The molecule has 3 heterocycles. The van der Waals surface area contributed by atoms with Gasteiger partial charge in [0.15, 0.2) is 11.8 Å². The van der Waals surface area contributed by atoms with E-state index in [1.54, 1.807) is 0 Å². The predicted molar refractivity (Wildman–Crippen MR) is 114 cm³/mol. The van der Waals surface area contributed by atoms with E-state index in [-0.39, 0.29) is 0 Å². The number of aromatic nitrogens is 3. The van der Waals surface area contributed by atoms with Crippen LogP contribution in [0.15, 0.2) is 35.6 Å². The summed E-state index contributed by atoms with van der Waals surface area (Å²) in [5.74, 6) is 2.37. The van der Waals surface area contributed by atoms with E-state index < -0.39 is 0 Å². The van der Waals surface area contributed by atoms with Crippen molar-refractivity contribution in [3.8, 4) is 11.4 Å². The Balaban J connectivity index is 1.23. The third kappa shape index (κ3) is 5.55. The van der Waals surface area contributed by atoms with Crippen molar-refractivity contribution in [3.63, 3.8) is 0 Å². The van der Waals surface area contributed by atoms with Gasteiger partial charge in [0.25, 0.3) is 0 Å². The molecule has 8 heteroatoms. The molecule has 0 spiro atoms. The Morgan fingerprint density at radius 1 is 1.31 bits per heavy atom. The summed E-state index contributed by atoms with van der Waals surface area (Å²) in [4.78, 5) is 11.2. The van der Waals surface area contributed by atoms with Gasteiger partial charge >= 0.3 is 0 Å². The molecule has 0 bridgehead atoms. The van der Waals surface area contributed by atoms with Gasteiger partial charge in [-0.15, -0.1) is 0 Å². The van der Waals surface area contributed by atoms with Crippen molar-refractivity contribution in [2.24, 2.45) is 10.9 Å². The first-order valence-electron chi connectivity index (χ1n) is 10.5. The Bertz CT molecular complexity index is 778. The maximum Gasteiger partial charge on any atom is 0.191 e. The van der Waals surface area contributed by atoms with Crippen molar-refractivity contribution in [2.45, 2.75) is 31.8 Å². The number of hydrogen-bond donors (Lipinski definition) is 3. The largest absolute Gasteiger partial charge is 0.381 e. The zero-order chi connectivity index (χ0) is 19.9. The van der Waals surface area contributed by atoms with E-state index in [1.165, 1.54) is 24.9 Å². The minimum atomic E-state index is 0.470. The van der Waals surface area contributed by atoms with Gasteiger partial charge < -0.3 is 20.3 Å². The van der Waals surface area contributed by atoms with Gasteiger partial charge in [-0.1, -0.05) is 18.2 Å². The molecule has 2 fully saturated rings. The number of nitrogens with zero attached hydrogens (tertiary/aromatic N) is 4. The van der Waals surface area contributed by atoms with E-state index in [0.717, 1.165) is 62.4 Å². The maximum absolute atomic E-state index is 5.51. The number of likely N-dealkylation sites (tertiary alicyclic amines) is 1. The molecule has 3 N–H and O–H groups in total.